The van der Waals surface area contributed by atoms with Crippen molar-refractivity contribution in [2.45, 2.75) is 102 Å². The number of urea groups is 1. The highest BCUT2D eigenvalue weighted by molar-refractivity contribution is 6.03. The van der Waals surface area contributed by atoms with Crippen molar-refractivity contribution in [3.63, 3.8) is 0 Å². The predicted molar refractivity (Wildman–Crippen MR) is 193 cm³/mol. The zero-order valence-corrected chi connectivity index (χ0v) is 30.3. The summed E-state index contributed by atoms with van der Waals surface area (Å²) in [6.45, 7) is 17.1. The Balaban J connectivity index is 2.02. The van der Waals surface area contributed by atoms with Crippen LogP contribution < -0.4 is 14.8 Å². The average molecular weight is 682 g/mol. The zero-order chi connectivity index (χ0) is 35.6. The molecular weight excluding hydrogens is 622 g/mol. The number of fused-ring (bicyclic) bond motifs is 2. The van der Waals surface area contributed by atoms with Crippen LogP contribution in [0.4, 0.5) is 4.79 Å². The van der Waals surface area contributed by atoms with E-state index < -0.39 is 17.4 Å². The number of carbonyl (C=O) groups excluding carboxylic acids is 1. The van der Waals surface area contributed by atoms with E-state index in [0.717, 1.165) is 61.1 Å². The molecular formula is C39H59N3O7. The van der Waals surface area contributed by atoms with E-state index in [9.17, 15) is 15.0 Å². The van der Waals surface area contributed by atoms with Gasteiger partial charge in [0.25, 0.3) is 0 Å². The lowest BCUT2D eigenvalue weighted by molar-refractivity contribution is -0.252. The summed E-state index contributed by atoms with van der Waals surface area (Å²) >= 11 is 0. The summed E-state index contributed by atoms with van der Waals surface area (Å²) in [4.78, 5) is 21.5. The molecule has 0 bridgehead atoms. The summed E-state index contributed by atoms with van der Waals surface area (Å²) in [6, 6.07) is 5.16. The van der Waals surface area contributed by atoms with Crippen LogP contribution in [0.25, 0.3) is 0 Å². The lowest BCUT2D eigenvalue weighted by Crippen LogP contribution is -2.70. The number of ether oxygens (including phenoxy) is 3. The van der Waals surface area contributed by atoms with E-state index in [-0.39, 0.29) is 49.5 Å². The molecule has 3 N–H and O–H groups in total. The molecule has 272 valence electrons. The first kappa shape index (κ1) is 38.5. The van der Waals surface area contributed by atoms with Gasteiger partial charge < -0.3 is 39.5 Å². The van der Waals surface area contributed by atoms with Gasteiger partial charge in [0, 0.05) is 44.7 Å². The number of aliphatic hydroxyl groups excluding tert-OH is 2. The summed E-state index contributed by atoms with van der Waals surface area (Å²) < 4.78 is 20.1. The highest BCUT2D eigenvalue weighted by atomic mass is 16.7. The normalized spacial score (nSPS) is 26.5. The van der Waals surface area contributed by atoms with Crippen molar-refractivity contribution in [2.75, 3.05) is 40.0 Å². The molecule has 10 heteroatoms. The van der Waals surface area contributed by atoms with Crippen LogP contribution in [0.1, 0.15) is 90.5 Å². The van der Waals surface area contributed by atoms with Gasteiger partial charge in [-0.3, -0.25) is 0 Å². The highest BCUT2D eigenvalue weighted by Gasteiger charge is 2.65. The fourth-order valence-electron chi connectivity index (χ4n) is 7.66. The Morgan fingerprint density at radius 3 is 2.49 bits per heavy atom. The second kappa shape index (κ2) is 17.5. The number of nitrogens with one attached hydrogen (secondary N) is 1. The molecule has 2 amide bonds. The standard InChI is InChI=1S/C39H59N3O7/c1-8-19-40-37(45)42(7)34-26-32(41-49-38(4,5)6)30-24-27(15-11-13-20-43)29(16-12-14-21-44)35-31-25-28(46-22-9-2)17-18-33(31)48-39(34,36(30)35)47-23-10-3/h9-10,17-18,24-25,27,29,34-36,43-44H,2-3,8,11-16,19-23,26H2,1,4-7H3,(H,40,45)/t27-,29+,34-,35+,36+,39+/m0/s1. The molecule has 0 spiro atoms. The molecule has 6 atom stereocenters. The van der Waals surface area contributed by atoms with E-state index in [0.29, 0.717) is 31.7 Å². The summed E-state index contributed by atoms with van der Waals surface area (Å²) in [6.07, 6.45) is 11.8. The number of amides is 2. The number of oxime groups is 1. The van der Waals surface area contributed by atoms with E-state index in [1.165, 1.54) is 0 Å². The summed E-state index contributed by atoms with van der Waals surface area (Å²) in [7, 11) is 1.80. The van der Waals surface area contributed by atoms with Gasteiger partial charge in [0.2, 0.25) is 5.79 Å². The maximum absolute atomic E-state index is 13.7. The molecule has 0 aromatic heterocycles. The predicted octanol–water partition coefficient (Wildman–Crippen LogP) is 6.73. The zero-order valence-electron chi connectivity index (χ0n) is 30.3. The Labute approximate surface area is 293 Å². The Kier molecular flexibility index (Phi) is 13.8. The van der Waals surface area contributed by atoms with E-state index in [2.05, 4.69) is 30.6 Å². The molecule has 1 aromatic carbocycles. The molecule has 49 heavy (non-hydrogen) atoms. The van der Waals surface area contributed by atoms with Crippen molar-refractivity contribution in [3.05, 3.63) is 60.7 Å². The van der Waals surface area contributed by atoms with Gasteiger partial charge in [-0.1, -0.05) is 49.7 Å². The summed E-state index contributed by atoms with van der Waals surface area (Å²) in [5.41, 5.74) is 2.27. The molecule has 0 saturated heterocycles. The minimum atomic E-state index is -1.27. The van der Waals surface area contributed by atoms with Crippen LogP contribution in [0.2, 0.25) is 0 Å². The first-order valence-electron chi connectivity index (χ1n) is 18.1. The van der Waals surface area contributed by atoms with Gasteiger partial charge in [-0.2, -0.15) is 0 Å². The monoisotopic (exact) mass is 681 g/mol. The number of benzene rings is 1. The molecule has 1 saturated carbocycles. The Bertz CT molecular complexity index is 1340. The largest absolute Gasteiger partial charge is 0.490 e. The molecule has 1 aromatic rings. The quantitative estimate of drug-likeness (QED) is 0.0892. The van der Waals surface area contributed by atoms with Gasteiger partial charge >= 0.3 is 6.03 Å². The number of nitrogens with zero attached hydrogens (tertiary/aromatic N) is 2. The first-order valence-corrected chi connectivity index (χ1v) is 18.1. The number of unbranched alkanes of at least 4 members (excludes halogenated alkanes) is 2. The van der Waals surface area contributed by atoms with Crippen LogP contribution in [-0.4, -0.2) is 84.3 Å². The van der Waals surface area contributed by atoms with Gasteiger partial charge in [0.05, 0.1) is 18.2 Å². The van der Waals surface area contributed by atoms with Crippen molar-refractivity contribution in [1.82, 2.24) is 10.2 Å². The van der Waals surface area contributed by atoms with Gasteiger partial charge in [-0.25, -0.2) is 4.79 Å². The first-order chi connectivity index (χ1) is 23.5. The lowest BCUT2D eigenvalue weighted by Gasteiger charge is -2.59. The van der Waals surface area contributed by atoms with Crippen LogP contribution in [-0.2, 0) is 9.57 Å². The number of aliphatic hydroxyl groups is 2. The maximum Gasteiger partial charge on any atom is 0.317 e. The van der Waals surface area contributed by atoms with Crippen LogP contribution in [0, 0.1) is 17.8 Å². The molecule has 4 rings (SSSR count). The topological polar surface area (TPSA) is 122 Å². The van der Waals surface area contributed by atoms with Crippen LogP contribution in [0.5, 0.6) is 11.5 Å². The Hall–Kier alpha value is -3.34. The smallest absolute Gasteiger partial charge is 0.317 e. The van der Waals surface area contributed by atoms with Crippen molar-refractivity contribution in [2.24, 2.45) is 22.9 Å². The van der Waals surface area contributed by atoms with Gasteiger partial charge in [0.15, 0.2) is 0 Å². The molecule has 3 aliphatic rings. The van der Waals surface area contributed by atoms with Gasteiger partial charge in [0.1, 0.15) is 29.7 Å². The van der Waals surface area contributed by atoms with Crippen LogP contribution in [0.3, 0.4) is 0 Å². The van der Waals surface area contributed by atoms with Crippen LogP contribution in [0.15, 0.2) is 60.3 Å². The molecule has 1 heterocycles. The second-order valence-electron chi connectivity index (χ2n) is 14.4. The van der Waals surface area contributed by atoms with Crippen molar-refractivity contribution in [1.29, 1.82) is 0 Å². The molecule has 10 nitrogen and oxygen atoms in total. The Morgan fingerprint density at radius 1 is 1.12 bits per heavy atom. The molecule has 0 radical (unpaired) electrons. The highest BCUT2D eigenvalue weighted by Crippen LogP contribution is 2.61. The number of hydrogen-bond acceptors (Lipinski definition) is 8. The van der Waals surface area contributed by atoms with E-state index in [1.807, 2.05) is 39.8 Å². The van der Waals surface area contributed by atoms with E-state index in [1.54, 1.807) is 24.1 Å². The van der Waals surface area contributed by atoms with Gasteiger partial charge in [-0.05, 0) is 88.5 Å². The third-order valence-corrected chi connectivity index (χ3v) is 9.76. The molecule has 0 unspecified atom stereocenters. The van der Waals surface area contributed by atoms with E-state index in [4.69, 9.17) is 24.2 Å². The van der Waals surface area contributed by atoms with Crippen molar-refractivity contribution < 1.29 is 34.1 Å². The number of allylic oxidation sites excluding steroid dienone is 1. The lowest BCUT2D eigenvalue weighted by atomic mass is 9.55. The van der Waals surface area contributed by atoms with Crippen molar-refractivity contribution in [3.8, 4) is 11.5 Å². The second-order valence-corrected chi connectivity index (χ2v) is 14.4. The molecule has 2 aliphatic carbocycles. The number of rotatable bonds is 18. The number of carbonyl (C=O) groups is 1. The average Bonchev–Trinajstić information content (AvgIpc) is 3.08. The number of hydrogen-bond donors (Lipinski definition) is 3. The minimum absolute atomic E-state index is 0.103. The van der Waals surface area contributed by atoms with Gasteiger partial charge in [-0.15, -0.1) is 6.58 Å². The van der Waals surface area contributed by atoms with E-state index >= 15 is 0 Å². The number of likely N-dealkylation sites (N-methyl/N-ethyl adjacent to an activating group) is 1. The van der Waals surface area contributed by atoms with Crippen molar-refractivity contribution >= 4 is 11.7 Å². The fourth-order valence-corrected chi connectivity index (χ4v) is 7.66. The third-order valence-electron chi connectivity index (χ3n) is 9.76. The fraction of sp³-hybridized carbons (Fsp3) is 0.641. The van der Waals surface area contributed by atoms with Crippen LogP contribution >= 0.6 is 0 Å². The Morgan fingerprint density at radius 2 is 1.84 bits per heavy atom. The molecule has 1 fully saturated rings. The minimum Gasteiger partial charge on any atom is -0.490 e. The SMILES string of the molecule is C=CCOc1ccc2c(c1)[C@H]1[C@H](CCCCO)[C@@H](CCCCO)C=C3C(=NOC(C)(C)C)C[C@H](N(C)C(=O)NCCC)[C@@](OCC=C)(O2)[C@H]31. The third kappa shape index (κ3) is 8.88. The summed E-state index contributed by atoms with van der Waals surface area (Å²) in [5.74, 6) is -0.0191. The molecule has 1 aliphatic heterocycles. The summed E-state index contributed by atoms with van der Waals surface area (Å²) in [5, 5.41) is 27.4. The maximum atomic E-state index is 13.7.